The number of carbonyl (C=O) groups is 1. The number of halogens is 2. The Morgan fingerprint density at radius 1 is 1.50 bits per heavy atom. The molecule has 1 aromatic rings. The molecule has 0 fully saturated rings. The van der Waals surface area contributed by atoms with Crippen molar-refractivity contribution in [3.05, 3.63) is 28.5 Å². The Morgan fingerprint density at radius 2 is 2.11 bits per heavy atom. The van der Waals surface area contributed by atoms with E-state index in [1.54, 1.807) is 6.92 Å². The molecule has 0 aromatic heterocycles. The van der Waals surface area contributed by atoms with Gasteiger partial charge in [0, 0.05) is 5.02 Å². The second kappa shape index (κ2) is 5.53. The fraction of sp³-hybridized carbons (Fsp3) is 0.300. The Labute approximate surface area is 109 Å². The third-order valence-electron chi connectivity index (χ3n) is 2.04. The summed E-state index contributed by atoms with van der Waals surface area (Å²) in [6, 6.07) is 2.12. The van der Waals surface area contributed by atoms with Crippen molar-refractivity contribution < 1.29 is 17.6 Å². The number of sulfonamides is 1. The molecule has 0 radical (unpaired) electrons. The summed E-state index contributed by atoms with van der Waals surface area (Å²) in [6.07, 6.45) is 0.375. The van der Waals surface area contributed by atoms with Crippen LogP contribution in [0.3, 0.4) is 0 Å². The van der Waals surface area contributed by atoms with Gasteiger partial charge in [-0.25, -0.2) is 12.8 Å². The molecule has 1 amide bonds. The highest BCUT2D eigenvalue weighted by molar-refractivity contribution is 7.92. The van der Waals surface area contributed by atoms with Gasteiger partial charge in [-0.1, -0.05) is 18.5 Å². The molecule has 1 aromatic carbocycles. The van der Waals surface area contributed by atoms with Crippen molar-refractivity contribution in [3.63, 3.8) is 0 Å². The Balaban J connectivity index is 3.22. The lowest BCUT2D eigenvalue weighted by molar-refractivity contribution is 0.0996. The first kappa shape index (κ1) is 14.7. The number of hydrogen-bond donors (Lipinski definition) is 2. The number of nitrogens with two attached hydrogens (primary N) is 1. The van der Waals surface area contributed by atoms with Crippen molar-refractivity contribution in [1.82, 2.24) is 0 Å². The zero-order valence-electron chi connectivity index (χ0n) is 9.54. The molecule has 18 heavy (non-hydrogen) atoms. The van der Waals surface area contributed by atoms with E-state index in [1.807, 2.05) is 4.72 Å². The van der Waals surface area contributed by atoms with E-state index in [9.17, 15) is 17.6 Å². The average molecular weight is 295 g/mol. The number of rotatable bonds is 5. The summed E-state index contributed by atoms with van der Waals surface area (Å²) in [7, 11) is -3.67. The van der Waals surface area contributed by atoms with E-state index in [1.165, 1.54) is 0 Å². The zero-order chi connectivity index (χ0) is 13.9. The van der Waals surface area contributed by atoms with Crippen LogP contribution in [-0.2, 0) is 10.0 Å². The predicted molar refractivity (Wildman–Crippen MR) is 67.6 cm³/mol. The topological polar surface area (TPSA) is 89.3 Å². The van der Waals surface area contributed by atoms with Gasteiger partial charge in [-0.2, -0.15) is 0 Å². The molecule has 0 saturated heterocycles. The molecule has 0 unspecified atom stereocenters. The van der Waals surface area contributed by atoms with Gasteiger partial charge in [-0.15, -0.1) is 0 Å². The fourth-order valence-corrected chi connectivity index (χ4v) is 2.67. The molecule has 5 nitrogen and oxygen atoms in total. The molecule has 8 heteroatoms. The van der Waals surface area contributed by atoms with E-state index in [0.717, 1.165) is 12.1 Å². The molecular weight excluding hydrogens is 283 g/mol. The van der Waals surface area contributed by atoms with Crippen molar-refractivity contribution in [2.45, 2.75) is 13.3 Å². The number of amides is 1. The fourth-order valence-electron chi connectivity index (χ4n) is 1.33. The van der Waals surface area contributed by atoms with Gasteiger partial charge in [0.2, 0.25) is 10.0 Å². The lowest BCUT2D eigenvalue weighted by atomic mass is 10.2. The minimum absolute atomic E-state index is 0.0133. The number of benzene rings is 1. The molecule has 0 saturated carbocycles. The Bertz CT molecular complexity index is 575. The molecule has 0 aliphatic heterocycles. The van der Waals surface area contributed by atoms with Crippen molar-refractivity contribution in [2.24, 2.45) is 5.73 Å². The highest BCUT2D eigenvalue weighted by Gasteiger charge is 2.18. The van der Waals surface area contributed by atoms with Crippen molar-refractivity contribution >= 4 is 33.2 Å². The van der Waals surface area contributed by atoms with E-state index in [4.69, 9.17) is 17.3 Å². The number of hydrogen-bond acceptors (Lipinski definition) is 3. The van der Waals surface area contributed by atoms with Crippen LogP contribution in [0, 0.1) is 5.82 Å². The minimum Gasteiger partial charge on any atom is -0.366 e. The summed E-state index contributed by atoms with van der Waals surface area (Å²) < 4.78 is 38.8. The Kier molecular flexibility index (Phi) is 4.53. The van der Waals surface area contributed by atoms with Crippen LogP contribution in [0.2, 0.25) is 5.02 Å². The molecule has 0 aliphatic carbocycles. The smallest absolute Gasteiger partial charge is 0.251 e. The second-order valence-electron chi connectivity index (χ2n) is 3.60. The van der Waals surface area contributed by atoms with E-state index in [-0.39, 0.29) is 16.5 Å². The van der Waals surface area contributed by atoms with Crippen LogP contribution in [0.5, 0.6) is 0 Å². The predicted octanol–water partition coefficient (Wildman–Crippen LogP) is 1.73. The third kappa shape index (κ3) is 3.58. The Hall–Kier alpha value is -1.34. The lowest BCUT2D eigenvalue weighted by Gasteiger charge is -2.10. The van der Waals surface area contributed by atoms with Crippen LogP contribution in [-0.4, -0.2) is 20.1 Å². The summed E-state index contributed by atoms with van der Waals surface area (Å²) in [5.74, 6) is -2.22. The van der Waals surface area contributed by atoms with Crippen LogP contribution in [0.4, 0.5) is 10.1 Å². The largest absolute Gasteiger partial charge is 0.366 e. The molecule has 0 aliphatic rings. The van der Waals surface area contributed by atoms with Gasteiger partial charge in [-0.05, 0) is 18.6 Å². The number of anilines is 1. The van der Waals surface area contributed by atoms with Crippen molar-refractivity contribution in [3.8, 4) is 0 Å². The molecule has 3 N–H and O–H groups in total. The standard InChI is InChI=1S/C10H12ClFN2O3S/c1-2-3-18(16,17)14-8-5-6(11)4-7(9(8)12)10(13)15/h4-5,14H,2-3H2,1H3,(H2,13,15). The first-order chi connectivity index (χ1) is 8.26. The van der Waals surface area contributed by atoms with Gasteiger partial charge in [0.15, 0.2) is 5.82 Å². The van der Waals surface area contributed by atoms with Crippen LogP contribution in [0.1, 0.15) is 23.7 Å². The van der Waals surface area contributed by atoms with E-state index in [2.05, 4.69) is 0 Å². The number of primary amides is 1. The van der Waals surface area contributed by atoms with E-state index in [0.29, 0.717) is 6.42 Å². The normalized spacial score (nSPS) is 11.3. The summed E-state index contributed by atoms with van der Waals surface area (Å²) in [5, 5.41) is 0.0133. The molecular formula is C10H12ClFN2O3S. The molecule has 0 atom stereocenters. The SMILES string of the molecule is CCCS(=O)(=O)Nc1cc(Cl)cc(C(N)=O)c1F. The van der Waals surface area contributed by atoms with Crippen LogP contribution < -0.4 is 10.5 Å². The molecule has 0 heterocycles. The summed E-state index contributed by atoms with van der Waals surface area (Å²) >= 11 is 5.66. The van der Waals surface area contributed by atoms with E-state index < -0.39 is 27.3 Å². The lowest BCUT2D eigenvalue weighted by Crippen LogP contribution is -2.19. The van der Waals surface area contributed by atoms with Gasteiger partial charge in [0.1, 0.15) is 0 Å². The second-order valence-corrected chi connectivity index (χ2v) is 5.88. The maximum Gasteiger partial charge on any atom is 0.251 e. The average Bonchev–Trinajstić information content (AvgIpc) is 2.21. The molecule has 0 bridgehead atoms. The monoisotopic (exact) mass is 294 g/mol. The van der Waals surface area contributed by atoms with Gasteiger partial charge < -0.3 is 5.73 Å². The maximum atomic E-state index is 13.8. The van der Waals surface area contributed by atoms with E-state index >= 15 is 0 Å². The minimum atomic E-state index is -3.67. The van der Waals surface area contributed by atoms with Crippen molar-refractivity contribution in [1.29, 1.82) is 0 Å². The number of nitrogens with one attached hydrogen (secondary N) is 1. The molecule has 1 rings (SSSR count). The highest BCUT2D eigenvalue weighted by Crippen LogP contribution is 2.24. The van der Waals surface area contributed by atoms with Gasteiger partial charge >= 0.3 is 0 Å². The van der Waals surface area contributed by atoms with Gasteiger partial charge in [-0.3, -0.25) is 9.52 Å². The van der Waals surface area contributed by atoms with Crippen LogP contribution >= 0.6 is 11.6 Å². The third-order valence-corrected chi connectivity index (χ3v) is 3.74. The van der Waals surface area contributed by atoms with Crippen LogP contribution in [0.15, 0.2) is 12.1 Å². The van der Waals surface area contributed by atoms with Gasteiger partial charge in [0.05, 0.1) is 17.0 Å². The number of carbonyl (C=O) groups excluding carboxylic acids is 1. The van der Waals surface area contributed by atoms with Crippen LogP contribution in [0.25, 0.3) is 0 Å². The first-order valence-corrected chi connectivity index (χ1v) is 7.09. The van der Waals surface area contributed by atoms with Gasteiger partial charge in [0.25, 0.3) is 5.91 Å². The first-order valence-electron chi connectivity index (χ1n) is 5.06. The summed E-state index contributed by atoms with van der Waals surface area (Å²) in [4.78, 5) is 11.0. The highest BCUT2D eigenvalue weighted by atomic mass is 35.5. The summed E-state index contributed by atoms with van der Waals surface area (Å²) in [5.41, 5.74) is 4.11. The quantitative estimate of drug-likeness (QED) is 0.866. The van der Waals surface area contributed by atoms with Crippen molar-refractivity contribution in [2.75, 3.05) is 10.5 Å². The zero-order valence-corrected chi connectivity index (χ0v) is 11.1. The molecule has 0 spiro atoms. The Morgan fingerprint density at radius 3 is 2.61 bits per heavy atom. The maximum absolute atomic E-state index is 13.8. The molecule has 100 valence electrons. The summed E-state index contributed by atoms with van der Waals surface area (Å²) in [6.45, 7) is 1.67.